The lowest BCUT2D eigenvalue weighted by Gasteiger charge is -2.48. The van der Waals surface area contributed by atoms with Gasteiger partial charge in [-0.25, -0.2) is 0 Å². The van der Waals surface area contributed by atoms with Crippen LogP contribution in [0.2, 0.25) is 0 Å². The summed E-state index contributed by atoms with van der Waals surface area (Å²) in [5.41, 5.74) is 0. The highest BCUT2D eigenvalue weighted by Gasteiger charge is 2.52. The molecular weight excluding hydrogens is 420 g/mol. The van der Waals surface area contributed by atoms with Crippen LogP contribution in [0.3, 0.4) is 0 Å². The molecule has 0 spiro atoms. The van der Waals surface area contributed by atoms with E-state index in [-0.39, 0.29) is 0 Å². The molecule has 2 fully saturated rings. The Morgan fingerprint density at radius 3 is 1.71 bits per heavy atom. The predicted octanol–water partition coefficient (Wildman–Crippen LogP) is -3.80. The summed E-state index contributed by atoms with van der Waals surface area (Å²) in [6.07, 6.45) is -9.45. The van der Waals surface area contributed by atoms with Crippen LogP contribution >= 0.6 is 0 Å². The molecule has 2 saturated heterocycles. The number of ether oxygens (including phenoxy) is 5. The molecule has 4 unspecified atom stereocenters. The monoisotopic (exact) mass is 452 g/mol. The van der Waals surface area contributed by atoms with Crippen molar-refractivity contribution in [3.63, 3.8) is 0 Å². The summed E-state index contributed by atoms with van der Waals surface area (Å²) >= 11 is 0. The molecule has 0 radical (unpaired) electrons. The number of carbonyl (C=O) groups excluding carboxylic acids is 2. The largest absolute Gasteiger partial charge is 0.394 e. The van der Waals surface area contributed by atoms with Crippen molar-refractivity contribution in [1.82, 2.24) is 10.6 Å². The summed E-state index contributed by atoms with van der Waals surface area (Å²) in [6, 6.07) is -2.17. The van der Waals surface area contributed by atoms with E-state index in [0.29, 0.717) is 0 Å². The number of rotatable bonds is 8. The van der Waals surface area contributed by atoms with Gasteiger partial charge in [0.15, 0.2) is 12.6 Å². The fourth-order valence-corrected chi connectivity index (χ4v) is 3.84. The second kappa shape index (κ2) is 11.4. The molecule has 2 amide bonds. The van der Waals surface area contributed by atoms with E-state index in [1.165, 1.54) is 28.1 Å². The highest BCUT2D eigenvalue weighted by Crippen LogP contribution is 2.30. The van der Waals surface area contributed by atoms with Crippen molar-refractivity contribution in [2.24, 2.45) is 0 Å². The number of hydrogen-bond donors (Lipinski definition) is 6. The fraction of sp³-hybridized carbons (Fsp3) is 0.889. The smallest absolute Gasteiger partial charge is 0.217 e. The first-order valence-corrected chi connectivity index (χ1v) is 9.82. The van der Waals surface area contributed by atoms with E-state index in [9.17, 15) is 30.0 Å². The van der Waals surface area contributed by atoms with E-state index in [2.05, 4.69) is 10.6 Å². The molecule has 0 aromatic rings. The molecule has 0 aromatic heterocycles. The molecule has 13 nitrogen and oxygen atoms in total. The third kappa shape index (κ3) is 5.88. The SMILES string of the molecule is CO[C@@H]1OC(CO)[C@H](O[C@H]2OC(CO)[C@@H](OC)C(O)[C@H]2NC(C)=O)[C@@H](O)C1NC(C)=O. The maximum absolute atomic E-state index is 11.7. The number of amides is 2. The Balaban J connectivity index is 2.30. The second-order valence-electron chi connectivity index (χ2n) is 7.42. The normalized spacial score (nSPS) is 40.9. The minimum Gasteiger partial charge on any atom is -0.394 e. The molecule has 180 valence electrons. The molecule has 0 aromatic carbocycles. The van der Waals surface area contributed by atoms with Gasteiger partial charge in [-0.05, 0) is 0 Å². The highest BCUT2D eigenvalue weighted by molar-refractivity contribution is 5.73. The van der Waals surface area contributed by atoms with Gasteiger partial charge in [0.25, 0.3) is 0 Å². The van der Waals surface area contributed by atoms with E-state index in [0.717, 1.165) is 0 Å². The van der Waals surface area contributed by atoms with Crippen molar-refractivity contribution in [1.29, 1.82) is 0 Å². The zero-order valence-electron chi connectivity index (χ0n) is 17.8. The van der Waals surface area contributed by atoms with E-state index < -0.39 is 86.3 Å². The molecular formula is C18H32N2O11. The van der Waals surface area contributed by atoms with Gasteiger partial charge in [0.05, 0.1) is 13.2 Å². The van der Waals surface area contributed by atoms with Crippen LogP contribution < -0.4 is 10.6 Å². The molecule has 2 heterocycles. The molecule has 6 N–H and O–H groups in total. The van der Waals surface area contributed by atoms with Gasteiger partial charge in [-0.2, -0.15) is 0 Å². The maximum Gasteiger partial charge on any atom is 0.217 e. The van der Waals surface area contributed by atoms with Crippen LogP contribution in [-0.4, -0.2) is 121 Å². The molecule has 2 rings (SSSR count). The zero-order chi connectivity index (χ0) is 23.3. The summed E-state index contributed by atoms with van der Waals surface area (Å²) in [5, 5.41) is 46.0. The van der Waals surface area contributed by atoms with Crippen LogP contribution in [0.15, 0.2) is 0 Å². The quantitative estimate of drug-likeness (QED) is 0.212. The first-order valence-electron chi connectivity index (χ1n) is 9.82. The summed E-state index contributed by atoms with van der Waals surface area (Å²) in [4.78, 5) is 23.2. The summed E-state index contributed by atoms with van der Waals surface area (Å²) in [5.74, 6) is -0.951. The van der Waals surface area contributed by atoms with Gasteiger partial charge in [0.1, 0.15) is 48.7 Å². The van der Waals surface area contributed by atoms with Crippen LogP contribution in [0.1, 0.15) is 13.8 Å². The van der Waals surface area contributed by atoms with Crippen molar-refractivity contribution >= 4 is 11.8 Å². The van der Waals surface area contributed by atoms with E-state index in [1.807, 2.05) is 0 Å². The lowest BCUT2D eigenvalue weighted by molar-refractivity contribution is -0.331. The van der Waals surface area contributed by atoms with Crippen molar-refractivity contribution < 1.29 is 53.7 Å². The molecule has 2 aliphatic rings. The predicted molar refractivity (Wildman–Crippen MR) is 101 cm³/mol. The molecule has 10 atom stereocenters. The number of aliphatic hydroxyl groups is 4. The Labute approximate surface area is 179 Å². The zero-order valence-corrected chi connectivity index (χ0v) is 17.8. The number of carbonyl (C=O) groups is 2. The van der Waals surface area contributed by atoms with Crippen molar-refractivity contribution in [3.8, 4) is 0 Å². The summed E-state index contributed by atoms with van der Waals surface area (Å²) < 4.78 is 27.5. The van der Waals surface area contributed by atoms with Crippen molar-refractivity contribution in [3.05, 3.63) is 0 Å². The van der Waals surface area contributed by atoms with Crippen molar-refractivity contribution in [2.45, 2.75) is 75.1 Å². The Morgan fingerprint density at radius 2 is 1.26 bits per heavy atom. The van der Waals surface area contributed by atoms with Gasteiger partial charge in [0, 0.05) is 28.1 Å². The first kappa shape index (κ1) is 25.8. The van der Waals surface area contributed by atoms with Gasteiger partial charge in [-0.3, -0.25) is 9.59 Å². The lowest BCUT2D eigenvalue weighted by atomic mass is 9.94. The minimum atomic E-state index is -1.41. The molecule has 2 aliphatic heterocycles. The third-order valence-electron chi connectivity index (χ3n) is 5.24. The van der Waals surface area contributed by atoms with Crippen LogP contribution in [0.25, 0.3) is 0 Å². The number of aliphatic hydroxyl groups excluding tert-OH is 4. The third-order valence-corrected chi connectivity index (χ3v) is 5.24. The van der Waals surface area contributed by atoms with E-state index >= 15 is 0 Å². The molecule has 0 bridgehead atoms. The maximum atomic E-state index is 11.7. The van der Waals surface area contributed by atoms with Gasteiger partial charge in [-0.15, -0.1) is 0 Å². The number of hydrogen-bond acceptors (Lipinski definition) is 11. The Morgan fingerprint density at radius 1 is 0.806 bits per heavy atom. The van der Waals surface area contributed by atoms with Gasteiger partial charge >= 0.3 is 0 Å². The van der Waals surface area contributed by atoms with Gasteiger partial charge in [-0.1, -0.05) is 0 Å². The molecule has 0 saturated carbocycles. The summed E-state index contributed by atoms with van der Waals surface area (Å²) in [6.45, 7) is 1.39. The van der Waals surface area contributed by atoms with Crippen LogP contribution in [0, 0.1) is 0 Å². The Hall–Kier alpha value is -1.42. The van der Waals surface area contributed by atoms with E-state index in [4.69, 9.17) is 23.7 Å². The number of methoxy groups -OCH3 is 2. The average Bonchev–Trinajstić information content (AvgIpc) is 2.72. The first-order chi connectivity index (χ1) is 14.7. The van der Waals surface area contributed by atoms with Gasteiger partial charge < -0.3 is 54.7 Å². The lowest BCUT2D eigenvalue weighted by Crippen LogP contribution is -2.69. The van der Waals surface area contributed by atoms with Crippen molar-refractivity contribution in [2.75, 3.05) is 27.4 Å². The molecule has 13 heteroatoms. The second-order valence-corrected chi connectivity index (χ2v) is 7.42. The van der Waals surface area contributed by atoms with Crippen LogP contribution in [0.4, 0.5) is 0 Å². The van der Waals surface area contributed by atoms with Gasteiger partial charge in [0.2, 0.25) is 11.8 Å². The Bertz CT molecular complexity index is 609. The van der Waals surface area contributed by atoms with Crippen LogP contribution in [-0.2, 0) is 33.3 Å². The average molecular weight is 452 g/mol. The highest BCUT2D eigenvalue weighted by atomic mass is 16.7. The standard InChI is InChI=1S/C18H32N2O11/c1-7(23)19-11-14(26)16(10(6-22)29-17(11)28-4)31-18-12(20-8(2)24)13(25)15(27-3)9(5-21)30-18/h9-18,21-22,25-26H,5-6H2,1-4H3,(H,19,23)(H,20,24)/t9?,10?,11?,12-,13?,14+,15-,16+,17-,18-/m1/s1. The topological polar surface area (TPSA) is 185 Å². The fourth-order valence-electron chi connectivity index (χ4n) is 3.84. The van der Waals surface area contributed by atoms with Crippen LogP contribution in [0.5, 0.6) is 0 Å². The minimum absolute atomic E-state index is 0.459. The summed E-state index contributed by atoms with van der Waals surface area (Å²) in [7, 11) is 2.63. The molecule has 0 aliphatic carbocycles. The number of nitrogens with one attached hydrogen (secondary N) is 2. The Kier molecular flexibility index (Phi) is 9.54. The molecule has 31 heavy (non-hydrogen) atoms. The van der Waals surface area contributed by atoms with E-state index in [1.54, 1.807) is 0 Å².